The number of carbonyl (C=O) groups is 3. The number of carboxylic acids is 1. The number of benzene rings is 2. The quantitative estimate of drug-likeness (QED) is 0.774. The molecule has 6 heteroatoms. The van der Waals surface area contributed by atoms with Gasteiger partial charge in [0.05, 0.1) is 16.7 Å². The summed E-state index contributed by atoms with van der Waals surface area (Å²) in [4.78, 5) is 35.8. The summed E-state index contributed by atoms with van der Waals surface area (Å²) in [5.74, 6) is -2.11. The molecule has 0 saturated heterocycles. The summed E-state index contributed by atoms with van der Waals surface area (Å²) in [6.45, 7) is 0. The molecule has 2 aromatic carbocycles. The second-order valence-corrected chi connectivity index (χ2v) is 6.34. The Bertz CT molecular complexity index is 835. The fourth-order valence-electron chi connectivity index (χ4n) is 3.35. The summed E-state index contributed by atoms with van der Waals surface area (Å²) in [6.07, 6.45) is 0.441. The standard InChI is InChI=1S/C19H18N2O4/c20-17(23)14-7-3-4-8-15(14)21-16(22)11-19(18(24)25)9-12-5-1-2-6-13(12)10-19/h1-8H,9-11H2,(H2,20,23)(H,21,22)(H,24,25). The van der Waals surface area contributed by atoms with Crippen molar-refractivity contribution in [1.29, 1.82) is 0 Å². The maximum atomic E-state index is 12.5. The highest BCUT2D eigenvalue weighted by molar-refractivity contribution is 6.03. The number of rotatable bonds is 5. The predicted octanol–water partition coefficient (Wildman–Crippen LogP) is 1.98. The summed E-state index contributed by atoms with van der Waals surface area (Å²) >= 11 is 0. The van der Waals surface area contributed by atoms with Gasteiger partial charge in [-0.25, -0.2) is 0 Å². The van der Waals surface area contributed by atoms with E-state index in [-0.39, 0.29) is 17.7 Å². The zero-order chi connectivity index (χ0) is 18.0. The van der Waals surface area contributed by atoms with E-state index >= 15 is 0 Å². The summed E-state index contributed by atoms with van der Waals surface area (Å²) in [5.41, 5.74) is 6.52. The van der Waals surface area contributed by atoms with Crippen LogP contribution in [-0.2, 0) is 22.4 Å². The van der Waals surface area contributed by atoms with E-state index in [4.69, 9.17) is 5.73 Å². The van der Waals surface area contributed by atoms with Crippen LogP contribution in [0.15, 0.2) is 48.5 Å². The van der Waals surface area contributed by atoms with Crippen molar-refractivity contribution in [3.63, 3.8) is 0 Å². The Morgan fingerprint density at radius 2 is 1.56 bits per heavy atom. The molecule has 128 valence electrons. The van der Waals surface area contributed by atoms with Gasteiger partial charge in [0.15, 0.2) is 0 Å². The van der Waals surface area contributed by atoms with Crippen LogP contribution in [0, 0.1) is 5.41 Å². The lowest BCUT2D eigenvalue weighted by Gasteiger charge is -2.23. The largest absolute Gasteiger partial charge is 0.481 e. The normalized spacial score (nSPS) is 14.6. The molecule has 0 aliphatic heterocycles. The van der Waals surface area contributed by atoms with Crippen LogP contribution in [0.4, 0.5) is 5.69 Å². The van der Waals surface area contributed by atoms with E-state index in [1.807, 2.05) is 24.3 Å². The molecular weight excluding hydrogens is 320 g/mol. The molecule has 0 heterocycles. The summed E-state index contributed by atoms with van der Waals surface area (Å²) < 4.78 is 0. The Morgan fingerprint density at radius 1 is 1.00 bits per heavy atom. The highest BCUT2D eigenvalue weighted by Crippen LogP contribution is 2.40. The van der Waals surface area contributed by atoms with E-state index in [0.717, 1.165) is 11.1 Å². The third kappa shape index (κ3) is 3.24. The van der Waals surface area contributed by atoms with E-state index in [1.54, 1.807) is 18.2 Å². The molecular formula is C19H18N2O4. The molecule has 2 aromatic rings. The molecule has 0 fully saturated rings. The minimum Gasteiger partial charge on any atom is -0.481 e. The second-order valence-electron chi connectivity index (χ2n) is 6.34. The number of carbonyl (C=O) groups excluding carboxylic acids is 2. The molecule has 1 aliphatic carbocycles. The van der Waals surface area contributed by atoms with Crippen LogP contribution in [0.3, 0.4) is 0 Å². The molecule has 0 atom stereocenters. The van der Waals surface area contributed by atoms with Crippen LogP contribution in [0.5, 0.6) is 0 Å². The average Bonchev–Trinajstić information content (AvgIpc) is 2.94. The van der Waals surface area contributed by atoms with Crippen molar-refractivity contribution < 1.29 is 19.5 Å². The van der Waals surface area contributed by atoms with Crippen molar-refractivity contribution in [2.24, 2.45) is 11.1 Å². The van der Waals surface area contributed by atoms with E-state index < -0.39 is 23.2 Å². The Hall–Kier alpha value is -3.15. The lowest BCUT2D eigenvalue weighted by molar-refractivity contribution is -0.150. The van der Waals surface area contributed by atoms with Gasteiger partial charge in [-0.05, 0) is 36.1 Å². The van der Waals surface area contributed by atoms with Gasteiger partial charge in [-0.1, -0.05) is 36.4 Å². The van der Waals surface area contributed by atoms with Crippen LogP contribution in [-0.4, -0.2) is 22.9 Å². The van der Waals surface area contributed by atoms with Crippen molar-refractivity contribution in [3.05, 3.63) is 65.2 Å². The molecule has 0 radical (unpaired) electrons. The number of aliphatic carboxylic acids is 1. The monoisotopic (exact) mass is 338 g/mol. The molecule has 6 nitrogen and oxygen atoms in total. The Kier molecular flexibility index (Phi) is 4.27. The smallest absolute Gasteiger partial charge is 0.310 e. The fraction of sp³-hybridized carbons (Fsp3) is 0.211. The van der Waals surface area contributed by atoms with Gasteiger partial charge in [-0.2, -0.15) is 0 Å². The van der Waals surface area contributed by atoms with E-state index in [0.29, 0.717) is 12.8 Å². The average molecular weight is 338 g/mol. The number of hydrogen-bond donors (Lipinski definition) is 3. The molecule has 0 unspecified atom stereocenters. The van der Waals surface area contributed by atoms with E-state index in [2.05, 4.69) is 5.32 Å². The second kappa shape index (κ2) is 6.39. The van der Waals surface area contributed by atoms with Crippen LogP contribution in [0.2, 0.25) is 0 Å². The minimum atomic E-state index is -1.17. The molecule has 2 amide bonds. The number of primary amides is 1. The van der Waals surface area contributed by atoms with Crippen molar-refractivity contribution in [2.45, 2.75) is 19.3 Å². The number of fused-ring (bicyclic) bond motifs is 1. The number of hydrogen-bond acceptors (Lipinski definition) is 3. The van der Waals surface area contributed by atoms with Crippen LogP contribution >= 0.6 is 0 Å². The first-order chi connectivity index (χ1) is 11.9. The molecule has 0 spiro atoms. The Labute approximate surface area is 144 Å². The van der Waals surface area contributed by atoms with Gasteiger partial charge in [-0.3, -0.25) is 14.4 Å². The van der Waals surface area contributed by atoms with Crippen LogP contribution in [0.25, 0.3) is 0 Å². The Balaban J connectivity index is 1.80. The van der Waals surface area contributed by atoms with Gasteiger partial charge in [0, 0.05) is 6.42 Å². The zero-order valence-electron chi connectivity index (χ0n) is 13.5. The first kappa shape index (κ1) is 16.7. The van der Waals surface area contributed by atoms with Gasteiger partial charge in [0.1, 0.15) is 0 Å². The summed E-state index contributed by atoms with van der Waals surface area (Å²) in [6, 6.07) is 13.9. The van der Waals surface area contributed by atoms with Gasteiger partial charge in [0.25, 0.3) is 5.91 Å². The van der Waals surface area contributed by atoms with Crippen molar-refractivity contribution in [3.8, 4) is 0 Å². The number of nitrogens with two attached hydrogens (primary N) is 1. The predicted molar refractivity (Wildman–Crippen MR) is 92.1 cm³/mol. The molecule has 0 aromatic heterocycles. The van der Waals surface area contributed by atoms with Crippen molar-refractivity contribution in [2.75, 3.05) is 5.32 Å². The maximum Gasteiger partial charge on any atom is 0.310 e. The van der Waals surface area contributed by atoms with E-state index in [1.165, 1.54) is 6.07 Å². The van der Waals surface area contributed by atoms with Gasteiger partial charge < -0.3 is 16.2 Å². The van der Waals surface area contributed by atoms with Crippen molar-refractivity contribution in [1.82, 2.24) is 0 Å². The van der Waals surface area contributed by atoms with Crippen molar-refractivity contribution >= 4 is 23.5 Å². The molecule has 0 saturated carbocycles. The van der Waals surface area contributed by atoms with Gasteiger partial charge >= 0.3 is 5.97 Å². The number of amides is 2. The first-order valence-corrected chi connectivity index (χ1v) is 7.90. The number of nitrogens with one attached hydrogen (secondary N) is 1. The maximum absolute atomic E-state index is 12.5. The third-order valence-corrected chi connectivity index (χ3v) is 4.60. The number of para-hydroxylation sites is 1. The topological polar surface area (TPSA) is 109 Å². The third-order valence-electron chi connectivity index (χ3n) is 4.60. The number of carboxylic acid groups (broad SMARTS) is 1. The molecule has 4 N–H and O–H groups in total. The molecule has 3 rings (SSSR count). The zero-order valence-corrected chi connectivity index (χ0v) is 13.5. The first-order valence-electron chi connectivity index (χ1n) is 7.90. The lowest BCUT2D eigenvalue weighted by Crippen LogP contribution is -2.36. The lowest BCUT2D eigenvalue weighted by atomic mass is 9.81. The SMILES string of the molecule is NC(=O)c1ccccc1NC(=O)CC1(C(=O)O)Cc2ccccc2C1. The minimum absolute atomic E-state index is 0.176. The molecule has 25 heavy (non-hydrogen) atoms. The van der Waals surface area contributed by atoms with Gasteiger partial charge in [-0.15, -0.1) is 0 Å². The highest BCUT2D eigenvalue weighted by Gasteiger charge is 2.45. The summed E-state index contributed by atoms with van der Waals surface area (Å²) in [7, 11) is 0. The highest BCUT2D eigenvalue weighted by atomic mass is 16.4. The van der Waals surface area contributed by atoms with Crippen LogP contribution < -0.4 is 11.1 Å². The summed E-state index contributed by atoms with van der Waals surface area (Å²) in [5, 5.41) is 12.4. The van der Waals surface area contributed by atoms with Gasteiger partial charge in [0.2, 0.25) is 5.91 Å². The molecule has 0 bridgehead atoms. The van der Waals surface area contributed by atoms with Crippen LogP contribution in [0.1, 0.15) is 27.9 Å². The fourth-order valence-corrected chi connectivity index (χ4v) is 3.35. The molecule has 1 aliphatic rings. The number of anilines is 1. The Morgan fingerprint density at radius 3 is 2.12 bits per heavy atom. The van der Waals surface area contributed by atoms with E-state index in [9.17, 15) is 19.5 Å².